The van der Waals surface area contributed by atoms with Gasteiger partial charge in [0, 0.05) is 12.6 Å². The largest absolute Gasteiger partial charge is 0.309 e. The van der Waals surface area contributed by atoms with Gasteiger partial charge < -0.3 is 5.32 Å². The van der Waals surface area contributed by atoms with E-state index in [1.807, 2.05) is 18.2 Å². The number of hydrogen-bond acceptors (Lipinski definition) is 2. The average Bonchev–Trinajstić information content (AvgIpc) is 2.89. The van der Waals surface area contributed by atoms with Gasteiger partial charge in [0.05, 0.1) is 11.6 Å². The molecule has 3 rings (SSSR count). The monoisotopic (exact) mass is 268 g/mol. The highest BCUT2D eigenvalue weighted by atomic mass is 15.0. The molecule has 1 aromatic rings. The van der Waals surface area contributed by atoms with Crippen LogP contribution >= 0.6 is 0 Å². The van der Waals surface area contributed by atoms with Crippen molar-refractivity contribution < 1.29 is 0 Å². The number of nitrogens with one attached hydrogen (secondary N) is 1. The van der Waals surface area contributed by atoms with Gasteiger partial charge in [-0.25, -0.2) is 0 Å². The molecule has 20 heavy (non-hydrogen) atoms. The molecule has 2 heteroatoms. The average molecular weight is 268 g/mol. The van der Waals surface area contributed by atoms with Gasteiger partial charge >= 0.3 is 0 Å². The predicted octanol–water partition coefficient (Wildman–Crippen LogP) is 3.86. The van der Waals surface area contributed by atoms with Crippen LogP contribution in [0.3, 0.4) is 0 Å². The van der Waals surface area contributed by atoms with Gasteiger partial charge in [0.2, 0.25) is 0 Å². The molecule has 106 valence electrons. The third kappa shape index (κ3) is 2.05. The summed E-state index contributed by atoms with van der Waals surface area (Å²) in [5, 5.41) is 12.8. The third-order valence-corrected chi connectivity index (χ3v) is 5.84. The standard InChI is InChI=1S/C18H24N2/c1-17(2)15-7-8-18(3,10-15)16(17)20-12-14-6-4-5-13(9-14)11-19/h4-6,9,15-16,20H,7-8,10,12H2,1-3H3. The Hall–Kier alpha value is -1.33. The zero-order valence-corrected chi connectivity index (χ0v) is 12.7. The second-order valence-corrected chi connectivity index (χ2v) is 7.54. The first kappa shape index (κ1) is 13.6. The summed E-state index contributed by atoms with van der Waals surface area (Å²) >= 11 is 0. The maximum atomic E-state index is 8.98. The number of benzene rings is 1. The first-order valence-electron chi connectivity index (χ1n) is 7.68. The van der Waals surface area contributed by atoms with Crippen LogP contribution in [0.5, 0.6) is 0 Å². The Bertz CT molecular complexity index is 550. The number of hydrogen-bond donors (Lipinski definition) is 1. The Kier molecular flexibility index (Phi) is 3.14. The zero-order chi connectivity index (χ0) is 14.4. The molecule has 0 aliphatic heterocycles. The van der Waals surface area contributed by atoms with E-state index >= 15 is 0 Å². The van der Waals surface area contributed by atoms with E-state index in [9.17, 15) is 0 Å². The van der Waals surface area contributed by atoms with E-state index in [1.165, 1.54) is 24.8 Å². The minimum Gasteiger partial charge on any atom is -0.309 e. The topological polar surface area (TPSA) is 35.8 Å². The van der Waals surface area contributed by atoms with Crippen LogP contribution in [0.2, 0.25) is 0 Å². The SMILES string of the molecule is CC12CCC(C1)C(C)(C)C2NCc1cccc(C#N)c1. The molecule has 0 amide bonds. The van der Waals surface area contributed by atoms with Crippen molar-refractivity contribution in [1.82, 2.24) is 5.32 Å². The van der Waals surface area contributed by atoms with Crippen molar-refractivity contribution in [1.29, 1.82) is 5.26 Å². The van der Waals surface area contributed by atoms with Gasteiger partial charge in [0.1, 0.15) is 0 Å². The van der Waals surface area contributed by atoms with Crippen LogP contribution < -0.4 is 5.32 Å². The van der Waals surface area contributed by atoms with Gasteiger partial charge in [-0.05, 0) is 53.7 Å². The lowest BCUT2D eigenvalue weighted by atomic mass is 9.68. The van der Waals surface area contributed by atoms with Crippen molar-refractivity contribution in [3.8, 4) is 6.07 Å². The summed E-state index contributed by atoms with van der Waals surface area (Å²) in [5.74, 6) is 0.871. The summed E-state index contributed by atoms with van der Waals surface area (Å²) in [6.07, 6.45) is 4.12. The van der Waals surface area contributed by atoms with Gasteiger partial charge in [0.15, 0.2) is 0 Å². The van der Waals surface area contributed by atoms with Gasteiger partial charge in [-0.2, -0.15) is 5.26 Å². The number of nitriles is 1. The molecular formula is C18H24N2. The van der Waals surface area contributed by atoms with Crippen LogP contribution in [0.25, 0.3) is 0 Å². The van der Waals surface area contributed by atoms with E-state index in [0.29, 0.717) is 16.9 Å². The first-order valence-corrected chi connectivity index (χ1v) is 7.68. The molecule has 0 saturated heterocycles. The lowest BCUT2D eigenvalue weighted by Crippen LogP contribution is -2.49. The van der Waals surface area contributed by atoms with Crippen LogP contribution in [0.15, 0.2) is 24.3 Å². The van der Waals surface area contributed by atoms with E-state index in [1.54, 1.807) is 0 Å². The molecule has 2 bridgehead atoms. The quantitative estimate of drug-likeness (QED) is 0.903. The van der Waals surface area contributed by atoms with Crippen molar-refractivity contribution in [3.63, 3.8) is 0 Å². The van der Waals surface area contributed by atoms with Gasteiger partial charge in [0.25, 0.3) is 0 Å². The molecule has 1 aromatic carbocycles. The van der Waals surface area contributed by atoms with E-state index in [-0.39, 0.29) is 0 Å². The van der Waals surface area contributed by atoms with Crippen LogP contribution in [-0.2, 0) is 6.54 Å². The molecule has 2 fully saturated rings. The van der Waals surface area contributed by atoms with Crippen LogP contribution in [0, 0.1) is 28.1 Å². The minimum atomic E-state index is 0.389. The summed E-state index contributed by atoms with van der Waals surface area (Å²) in [5.41, 5.74) is 2.81. The Labute approximate surface area is 122 Å². The van der Waals surface area contributed by atoms with Crippen molar-refractivity contribution in [3.05, 3.63) is 35.4 Å². The first-order chi connectivity index (χ1) is 9.45. The molecule has 0 spiro atoms. The molecule has 0 heterocycles. The second-order valence-electron chi connectivity index (χ2n) is 7.54. The third-order valence-electron chi connectivity index (χ3n) is 5.84. The molecule has 0 radical (unpaired) electrons. The summed E-state index contributed by atoms with van der Waals surface area (Å²) in [7, 11) is 0. The molecule has 2 saturated carbocycles. The van der Waals surface area contributed by atoms with Gasteiger partial charge in [-0.15, -0.1) is 0 Å². The van der Waals surface area contributed by atoms with E-state index in [4.69, 9.17) is 5.26 Å². The molecule has 3 atom stereocenters. The minimum absolute atomic E-state index is 0.389. The Morgan fingerprint density at radius 1 is 1.35 bits per heavy atom. The van der Waals surface area contributed by atoms with Crippen LogP contribution in [0.4, 0.5) is 0 Å². The highest BCUT2D eigenvalue weighted by Gasteiger charge is 2.58. The van der Waals surface area contributed by atoms with Gasteiger partial charge in [-0.3, -0.25) is 0 Å². The van der Waals surface area contributed by atoms with E-state index < -0.39 is 0 Å². The molecule has 2 aliphatic rings. The van der Waals surface area contributed by atoms with Crippen molar-refractivity contribution in [2.75, 3.05) is 0 Å². The Morgan fingerprint density at radius 3 is 2.80 bits per heavy atom. The predicted molar refractivity (Wildman–Crippen MR) is 81.0 cm³/mol. The number of nitrogens with zero attached hydrogens (tertiary/aromatic N) is 1. The fraction of sp³-hybridized carbons (Fsp3) is 0.611. The lowest BCUT2D eigenvalue weighted by Gasteiger charge is -2.43. The molecule has 2 aliphatic carbocycles. The van der Waals surface area contributed by atoms with E-state index in [0.717, 1.165) is 18.0 Å². The molecular weight excluding hydrogens is 244 g/mol. The van der Waals surface area contributed by atoms with Crippen molar-refractivity contribution in [2.45, 2.75) is 52.6 Å². The smallest absolute Gasteiger partial charge is 0.0991 e. The summed E-state index contributed by atoms with van der Waals surface area (Å²) < 4.78 is 0. The fourth-order valence-corrected chi connectivity index (χ4v) is 4.78. The van der Waals surface area contributed by atoms with Crippen molar-refractivity contribution >= 4 is 0 Å². The van der Waals surface area contributed by atoms with Gasteiger partial charge in [-0.1, -0.05) is 32.9 Å². The molecule has 1 N–H and O–H groups in total. The van der Waals surface area contributed by atoms with Crippen molar-refractivity contribution in [2.24, 2.45) is 16.7 Å². The maximum Gasteiger partial charge on any atom is 0.0991 e. The molecule has 2 nitrogen and oxygen atoms in total. The molecule has 3 unspecified atom stereocenters. The highest BCUT2D eigenvalue weighted by molar-refractivity contribution is 5.32. The highest BCUT2D eigenvalue weighted by Crippen LogP contribution is 2.62. The van der Waals surface area contributed by atoms with Crippen LogP contribution in [0.1, 0.15) is 51.2 Å². The van der Waals surface area contributed by atoms with E-state index in [2.05, 4.69) is 38.2 Å². The zero-order valence-electron chi connectivity index (χ0n) is 12.7. The molecule has 0 aromatic heterocycles. The summed E-state index contributed by atoms with van der Waals surface area (Å²) in [6.45, 7) is 8.16. The number of rotatable bonds is 3. The lowest BCUT2D eigenvalue weighted by molar-refractivity contribution is 0.108. The maximum absolute atomic E-state index is 8.98. The normalized spacial score (nSPS) is 34.1. The number of fused-ring (bicyclic) bond motifs is 2. The summed E-state index contributed by atoms with van der Waals surface area (Å²) in [6, 6.07) is 10.7. The van der Waals surface area contributed by atoms with Crippen LogP contribution in [-0.4, -0.2) is 6.04 Å². The second kappa shape index (κ2) is 4.60. The summed E-state index contributed by atoms with van der Waals surface area (Å²) in [4.78, 5) is 0. The Morgan fingerprint density at radius 2 is 2.15 bits per heavy atom. The fourth-order valence-electron chi connectivity index (χ4n) is 4.78. The Balaban J connectivity index is 1.73.